The number of rotatable bonds is 6. The maximum Gasteiger partial charge on any atom is 0.253 e. The Hall–Kier alpha value is -2.33. The molecule has 1 saturated heterocycles. The lowest BCUT2D eigenvalue weighted by Gasteiger charge is -2.34. The van der Waals surface area contributed by atoms with E-state index in [1.54, 1.807) is 0 Å². The first-order valence-electron chi connectivity index (χ1n) is 9.96. The Labute approximate surface area is 160 Å². The molecular formula is C23H27NO3. The third-order valence-corrected chi connectivity index (χ3v) is 5.70. The molecule has 4 nitrogen and oxygen atoms in total. The van der Waals surface area contributed by atoms with E-state index in [0.29, 0.717) is 18.7 Å². The molecule has 142 valence electrons. The predicted octanol–water partition coefficient (Wildman–Crippen LogP) is 4.06. The van der Waals surface area contributed by atoms with Gasteiger partial charge in [-0.05, 0) is 67.3 Å². The topological polar surface area (TPSA) is 49.8 Å². The molecule has 1 saturated carbocycles. The Kier molecular flexibility index (Phi) is 5.44. The van der Waals surface area contributed by atoms with Crippen molar-refractivity contribution in [1.82, 2.24) is 4.90 Å². The molecule has 1 aliphatic heterocycles. The zero-order valence-electron chi connectivity index (χ0n) is 15.6. The summed E-state index contributed by atoms with van der Waals surface area (Å²) in [5, 5.41) is 10.6. The van der Waals surface area contributed by atoms with Crippen molar-refractivity contribution in [2.75, 3.05) is 19.7 Å². The number of hydrogen-bond donors (Lipinski definition) is 1. The monoisotopic (exact) mass is 365 g/mol. The highest BCUT2D eigenvalue weighted by molar-refractivity contribution is 5.94. The maximum absolute atomic E-state index is 12.8. The van der Waals surface area contributed by atoms with Crippen LogP contribution < -0.4 is 4.74 Å². The van der Waals surface area contributed by atoms with Gasteiger partial charge in [0.05, 0.1) is 12.7 Å². The van der Waals surface area contributed by atoms with E-state index in [1.165, 1.54) is 12.8 Å². The summed E-state index contributed by atoms with van der Waals surface area (Å²) in [4.78, 5) is 14.7. The van der Waals surface area contributed by atoms with Crippen LogP contribution in [-0.4, -0.2) is 35.6 Å². The van der Waals surface area contributed by atoms with Gasteiger partial charge in [-0.2, -0.15) is 0 Å². The number of carbonyl (C=O) groups is 1. The highest BCUT2D eigenvalue weighted by Gasteiger charge is 2.28. The molecule has 2 fully saturated rings. The number of nitrogens with zero attached hydrogens (tertiary/aromatic N) is 1. The van der Waals surface area contributed by atoms with Crippen molar-refractivity contribution in [3.05, 3.63) is 65.7 Å². The van der Waals surface area contributed by atoms with Gasteiger partial charge in [0.15, 0.2) is 0 Å². The fraction of sp³-hybridized carbons (Fsp3) is 0.435. The van der Waals surface area contributed by atoms with Crippen LogP contribution in [0.3, 0.4) is 0 Å². The first-order chi connectivity index (χ1) is 13.2. The molecule has 2 aromatic rings. The SMILES string of the molecule is O=C(c1ccc(OCC2CC2)cc1)N1CCC(C(O)c2ccccc2)CC1. The van der Waals surface area contributed by atoms with E-state index in [9.17, 15) is 9.90 Å². The minimum Gasteiger partial charge on any atom is -0.493 e. The lowest BCUT2D eigenvalue weighted by atomic mass is 9.87. The second-order valence-electron chi connectivity index (χ2n) is 7.76. The number of carbonyl (C=O) groups excluding carboxylic acids is 1. The van der Waals surface area contributed by atoms with Crippen molar-refractivity contribution in [2.45, 2.75) is 31.8 Å². The molecule has 2 aliphatic rings. The average Bonchev–Trinajstić information content (AvgIpc) is 3.57. The highest BCUT2D eigenvalue weighted by Crippen LogP contribution is 2.31. The standard InChI is InChI=1S/C23H27NO3/c25-22(18-4-2-1-3-5-18)19-12-14-24(15-13-19)23(26)20-8-10-21(11-9-20)27-16-17-6-7-17/h1-5,8-11,17,19,22,25H,6-7,12-16H2. The van der Waals surface area contributed by atoms with E-state index < -0.39 is 6.10 Å². The van der Waals surface area contributed by atoms with Crippen LogP contribution in [0.1, 0.15) is 47.7 Å². The average molecular weight is 365 g/mol. The molecule has 1 aliphatic carbocycles. The molecule has 1 heterocycles. The van der Waals surface area contributed by atoms with Gasteiger partial charge in [0.25, 0.3) is 5.91 Å². The Balaban J connectivity index is 1.30. The summed E-state index contributed by atoms with van der Waals surface area (Å²) in [5.74, 6) is 1.83. The van der Waals surface area contributed by atoms with E-state index in [-0.39, 0.29) is 11.8 Å². The van der Waals surface area contributed by atoms with Gasteiger partial charge in [0.1, 0.15) is 5.75 Å². The maximum atomic E-state index is 12.8. The Bertz CT molecular complexity index is 747. The zero-order valence-corrected chi connectivity index (χ0v) is 15.6. The van der Waals surface area contributed by atoms with Gasteiger partial charge in [-0.1, -0.05) is 30.3 Å². The molecule has 0 spiro atoms. The molecule has 0 radical (unpaired) electrons. The van der Waals surface area contributed by atoms with Crippen molar-refractivity contribution in [1.29, 1.82) is 0 Å². The predicted molar refractivity (Wildman–Crippen MR) is 105 cm³/mol. The molecule has 4 rings (SSSR count). The number of benzene rings is 2. The minimum absolute atomic E-state index is 0.0661. The van der Waals surface area contributed by atoms with Gasteiger partial charge in [-0.15, -0.1) is 0 Å². The van der Waals surface area contributed by atoms with Crippen molar-refractivity contribution in [3.63, 3.8) is 0 Å². The summed E-state index contributed by atoms with van der Waals surface area (Å²) < 4.78 is 5.74. The molecule has 1 amide bonds. The van der Waals surface area contributed by atoms with Gasteiger partial charge in [-0.3, -0.25) is 4.79 Å². The number of amides is 1. The van der Waals surface area contributed by atoms with E-state index in [4.69, 9.17) is 4.74 Å². The van der Waals surface area contributed by atoms with E-state index in [0.717, 1.165) is 36.7 Å². The third kappa shape index (κ3) is 4.51. The number of likely N-dealkylation sites (tertiary alicyclic amines) is 1. The summed E-state index contributed by atoms with van der Waals surface area (Å²) in [6, 6.07) is 17.3. The summed E-state index contributed by atoms with van der Waals surface area (Å²) >= 11 is 0. The normalized spacial score (nSPS) is 18.9. The van der Waals surface area contributed by atoms with E-state index >= 15 is 0 Å². The van der Waals surface area contributed by atoms with Crippen molar-refractivity contribution >= 4 is 5.91 Å². The smallest absolute Gasteiger partial charge is 0.253 e. The molecule has 4 heteroatoms. The molecule has 1 unspecified atom stereocenters. The summed E-state index contributed by atoms with van der Waals surface area (Å²) in [5.41, 5.74) is 1.67. The van der Waals surface area contributed by atoms with Crippen LogP contribution in [0, 0.1) is 11.8 Å². The van der Waals surface area contributed by atoms with Crippen LogP contribution in [0.25, 0.3) is 0 Å². The Morgan fingerprint density at radius 1 is 1.00 bits per heavy atom. The van der Waals surface area contributed by atoms with Gasteiger partial charge < -0.3 is 14.7 Å². The number of aliphatic hydroxyl groups excluding tert-OH is 1. The molecule has 1 N–H and O–H groups in total. The number of hydrogen-bond acceptors (Lipinski definition) is 3. The Morgan fingerprint density at radius 3 is 2.30 bits per heavy atom. The molecule has 0 bridgehead atoms. The summed E-state index contributed by atoms with van der Waals surface area (Å²) in [6.45, 7) is 2.16. The molecule has 27 heavy (non-hydrogen) atoms. The Morgan fingerprint density at radius 2 is 1.67 bits per heavy atom. The van der Waals surface area contributed by atoms with Crippen LogP contribution in [0.4, 0.5) is 0 Å². The van der Waals surface area contributed by atoms with Crippen LogP contribution in [0.2, 0.25) is 0 Å². The van der Waals surface area contributed by atoms with Crippen LogP contribution >= 0.6 is 0 Å². The van der Waals surface area contributed by atoms with Crippen LogP contribution in [0.15, 0.2) is 54.6 Å². The number of ether oxygens (including phenoxy) is 1. The van der Waals surface area contributed by atoms with E-state index in [1.807, 2.05) is 59.5 Å². The number of aliphatic hydroxyl groups is 1. The third-order valence-electron chi connectivity index (χ3n) is 5.70. The second kappa shape index (κ2) is 8.13. The van der Waals surface area contributed by atoms with Crippen LogP contribution in [-0.2, 0) is 0 Å². The van der Waals surface area contributed by atoms with Crippen molar-refractivity contribution < 1.29 is 14.6 Å². The van der Waals surface area contributed by atoms with Gasteiger partial charge >= 0.3 is 0 Å². The fourth-order valence-corrected chi connectivity index (χ4v) is 3.72. The molecule has 1 atom stereocenters. The van der Waals surface area contributed by atoms with Gasteiger partial charge in [-0.25, -0.2) is 0 Å². The first kappa shape index (κ1) is 18.1. The lowest BCUT2D eigenvalue weighted by molar-refractivity contribution is 0.0462. The molecular weight excluding hydrogens is 338 g/mol. The lowest BCUT2D eigenvalue weighted by Crippen LogP contribution is -2.39. The largest absolute Gasteiger partial charge is 0.493 e. The quantitative estimate of drug-likeness (QED) is 0.840. The van der Waals surface area contributed by atoms with Gasteiger partial charge in [0, 0.05) is 18.7 Å². The zero-order chi connectivity index (χ0) is 18.6. The first-order valence-corrected chi connectivity index (χ1v) is 9.96. The molecule has 0 aromatic heterocycles. The minimum atomic E-state index is -0.452. The second-order valence-corrected chi connectivity index (χ2v) is 7.76. The van der Waals surface area contributed by atoms with Crippen LogP contribution in [0.5, 0.6) is 5.75 Å². The van der Waals surface area contributed by atoms with Crippen molar-refractivity contribution in [3.8, 4) is 5.75 Å². The number of piperidine rings is 1. The van der Waals surface area contributed by atoms with Gasteiger partial charge in [0.2, 0.25) is 0 Å². The van der Waals surface area contributed by atoms with E-state index in [2.05, 4.69) is 0 Å². The fourth-order valence-electron chi connectivity index (χ4n) is 3.72. The summed E-state index contributed by atoms with van der Waals surface area (Å²) in [7, 11) is 0. The summed E-state index contributed by atoms with van der Waals surface area (Å²) in [6.07, 6.45) is 3.73. The highest BCUT2D eigenvalue weighted by atomic mass is 16.5. The van der Waals surface area contributed by atoms with Crippen molar-refractivity contribution in [2.24, 2.45) is 11.8 Å². The molecule has 2 aromatic carbocycles.